The monoisotopic (exact) mass is 301 g/mol. The SMILES string of the molecule is Cc1ccc(NC(=O)CO/N=C(/N)c2ccccc2)cc1F. The Labute approximate surface area is 127 Å². The van der Waals surface area contributed by atoms with E-state index < -0.39 is 5.91 Å². The molecule has 0 atom stereocenters. The summed E-state index contributed by atoms with van der Waals surface area (Å²) in [6.07, 6.45) is 0. The smallest absolute Gasteiger partial charge is 0.265 e. The highest BCUT2D eigenvalue weighted by Crippen LogP contribution is 2.13. The van der Waals surface area contributed by atoms with Crippen molar-refractivity contribution >= 4 is 17.4 Å². The third kappa shape index (κ3) is 4.31. The Morgan fingerprint density at radius 3 is 2.68 bits per heavy atom. The summed E-state index contributed by atoms with van der Waals surface area (Å²) in [5.41, 5.74) is 7.28. The van der Waals surface area contributed by atoms with Crippen LogP contribution in [0.15, 0.2) is 53.7 Å². The highest BCUT2D eigenvalue weighted by Gasteiger charge is 2.05. The van der Waals surface area contributed by atoms with Crippen molar-refractivity contribution in [2.45, 2.75) is 6.92 Å². The fourth-order valence-electron chi connectivity index (χ4n) is 1.69. The van der Waals surface area contributed by atoms with Gasteiger partial charge in [-0.25, -0.2) is 4.39 Å². The van der Waals surface area contributed by atoms with Crippen LogP contribution in [-0.2, 0) is 9.63 Å². The quantitative estimate of drug-likeness (QED) is 0.506. The van der Waals surface area contributed by atoms with Gasteiger partial charge >= 0.3 is 0 Å². The first-order valence-corrected chi connectivity index (χ1v) is 6.63. The van der Waals surface area contributed by atoms with Crippen LogP contribution in [0, 0.1) is 12.7 Å². The van der Waals surface area contributed by atoms with Crippen LogP contribution in [0.4, 0.5) is 10.1 Å². The van der Waals surface area contributed by atoms with Crippen LogP contribution in [0.25, 0.3) is 0 Å². The van der Waals surface area contributed by atoms with Crippen molar-refractivity contribution in [3.05, 3.63) is 65.5 Å². The Morgan fingerprint density at radius 2 is 2.00 bits per heavy atom. The average molecular weight is 301 g/mol. The van der Waals surface area contributed by atoms with Gasteiger partial charge in [-0.1, -0.05) is 41.6 Å². The van der Waals surface area contributed by atoms with Crippen molar-refractivity contribution in [3.8, 4) is 0 Å². The van der Waals surface area contributed by atoms with Gasteiger partial charge in [0.1, 0.15) is 5.82 Å². The Bertz CT molecular complexity index is 687. The van der Waals surface area contributed by atoms with E-state index in [0.717, 1.165) is 0 Å². The predicted molar refractivity (Wildman–Crippen MR) is 82.9 cm³/mol. The molecular formula is C16H16FN3O2. The molecule has 5 nitrogen and oxygen atoms in total. The standard InChI is InChI=1S/C16H16FN3O2/c1-11-7-8-13(9-14(11)17)19-15(21)10-22-20-16(18)12-5-3-2-4-6-12/h2-9H,10H2,1H3,(H2,18,20)(H,19,21). The third-order valence-corrected chi connectivity index (χ3v) is 2.88. The molecule has 0 spiro atoms. The third-order valence-electron chi connectivity index (χ3n) is 2.88. The molecule has 114 valence electrons. The lowest BCUT2D eigenvalue weighted by atomic mass is 10.2. The summed E-state index contributed by atoms with van der Waals surface area (Å²) in [7, 11) is 0. The van der Waals surface area contributed by atoms with E-state index in [1.807, 2.05) is 18.2 Å². The molecule has 0 saturated carbocycles. The van der Waals surface area contributed by atoms with E-state index in [-0.39, 0.29) is 18.3 Å². The van der Waals surface area contributed by atoms with E-state index in [4.69, 9.17) is 10.6 Å². The van der Waals surface area contributed by atoms with Crippen molar-refractivity contribution in [2.24, 2.45) is 10.9 Å². The predicted octanol–water partition coefficient (Wildman–Crippen LogP) is 2.41. The number of rotatable bonds is 5. The van der Waals surface area contributed by atoms with Crippen LogP contribution in [0.3, 0.4) is 0 Å². The van der Waals surface area contributed by atoms with Gasteiger partial charge in [0.05, 0.1) is 0 Å². The Hall–Kier alpha value is -2.89. The molecule has 0 saturated heterocycles. The second kappa shape index (κ2) is 7.21. The maximum Gasteiger partial charge on any atom is 0.265 e. The zero-order valence-corrected chi connectivity index (χ0v) is 12.0. The molecule has 0 aromatic heterocycles. The Morgan fingerprint density at radius 1 is 1.27 bits per heavy atom. The van der Waals surface area contributed by atoms with Crippen molar-refractivity contribution < 1.29 is 14.0 Å². The van der Waals surface area contributed by atoms with Gasteiger partial charge in [0.25, 0.3) is 5.91 Å². The summed E-state index contributed by atoms with van der Waals surface area (Å²) in [5.74, 6) is -0.660. The minimum atomic E-state index is -0.451. The molecule has 0 radical (unpaired) electrons. The topological polar surface area (TPSA) is 76.7 Å². The summed E-state index contributed by atoms with van der Waals surface area (Å²) in [5, 5.41) is 6.18. The largest absolute Gasteiger partial charge is 0.384 e. The molecule has 0 aliphatic heterocycles. The molecule has 1 amide bonds. The molecule has 3 N–H and O–H groups in total. The summed E-state index contributed by atoms with van der Waals surface area (Å²) >= 11 is 0. The van der Waals surface area contributed by atoms with E-state index in [2.05, 4.69) is 10.5 Å². The minimum absolute atomic E-state index is 0.176. The molecule has 2 aromatic rings. The number of hydrogen-bond donors (Lipinski definition) is 2. The number of benzene rings is 2. The lowest BCUT2D eigenvalue weighted by molar-refractivity contribution is -0.120. The summed E-state index contributed by atoms with van der Waals surface area (Å²) < 4.78 is 13.4. The lowest BCUT2D eigenvalue weighted by Gasteiger charge is -2.06. The van der Waals surface area contributed by atoms with Crippen molar-refractivity contribution in [2.75, 3.05) is 11.9 Å². The van der Waals surface area contributed by atoms with E-state index in [9.17, 15) is 9.18 Å². The molecular weight excluding hydrogens is 285 g/mol. The van der Waals surface area contributed by atoms with Crippen LogP contribution < -0.4 is 11.1 Å². The number of nitrogens with one attached hydrogen (secondary N) is 1. The van der Waals surface area contributed by atoms with Gasteiger partial charge in [0.2, 0.25) is 0 Å². The van der Waals surface area contributed by atoms with Crippen LogP contribution in [0.5, 0.6) is 0 Å². The number of oxime groups is 1. The first kappa shape index (κ1) is 15.5. The van der Waals surface area contributed by atoms with Crippen molar-refractivity contribution in [3.63, 3.8) is 0 Å². The Balaban J connectivity index is 1.86. The van der Waals surface area contributed by atoms with Gasteiger partial charge in [-0.15, -0.1) is 0 Å². The van der Waals surface area contributed by atoms with Gasteiger partial charge in [-0.3, -0.25) is 4.79 Å². The number of nitrogens with two attached hydrogens (primary N) is 1. The second-order valence-corrected chi connectivity index (χ2v) is 4.63. The molecule has 2 rings (SSSR count). The van der Waals surface area contributed by atoms with Gasteiger partial charge in [0, 0.05) is 11.3 Å². The number of aryl methyl sites for hydroxylation is 1. The highest BCUT2D eigenvalue weighted by atomic mass is 19.1. The fraction of sp³-hybridized carbons (Fsp3) is 0.125. The minimum Gasteiger partial charge on any atom is -0.384 e. The van der Waals surface area contributed by atoms with Gasteiger partial charge in [-0.2, -0.15) is 0 Å². The number of anilines is 1. The number of carbonyl (C=O) groups is 1. The summed E-state index contributed by atoms with van der Waals surface area (Å²) in [6.45, 7) is 1.33. The zero-order valence-electron chi connectivity index (χ0n) is 12.0. The molecule has 0 aliphatic carbocycles. The first-order valence-electron chi connectivity index (χ1n) is 6.63. The summed E-state index contributed by atoms with van der Waals surface area (Å²) in [6, 6.07) is 13.5. The number of hydrogen-bond acceptors (Lipinski definition) is 3. The molecule has 0 heterocycles. The number of halogens is 1. The van der Waals surface area contributed by atoms with E-state index in [1.165, 1.54) is 6.07 Å². The first-order chi connectivity index (χ1) is 10.6. The fourth-order valence-corrected chi connectivity index (χ4v) is 1.69. The Kier molecular flexibility index (Phi) is 5.08. The number of amidine groups is 1. The van der Waals surface area contributed by atoms with E-state index in [1.54, 1.807) is 31.2 Å². The van der Waals surface area contributed by atoms with Crippen LogP contribution in [-0.4, -0.2) is 18.3 Å². The lowest BCUT2D eigenvalue weighted by Crippen LogP contribution is -2.19. The normalized spacial score (nSPS) is 11.1. The molecule has 0 aliphatic rings. The van der Waals surface area contributed by atoms with Crippen LogP contribution in [0.1, 0.15) is 11.1 Å². The summed E-state index contributed by atoms with van der Waals surface area (Å²) in [4.78, 5) is 16.6. The number of nitrogens with zero attached hydrogens (tertiary/aromatic N) is 1. The van der Waals surface area contributed by atoms with Crippen LogP contribution >= 0.6 is 0 Å². The molecule has 6 heteroatoms. The van der Waals surface area contributed by atoms with Gasteiger partial charge in [-0.05, 0) is 24.6 Å². The van der Waals surface area contributed by atoms with Gasteiger partial charge < -0.3 is 15.9 Å². The average Bonchev–Trinajstić information content (AvgIpc) is 2.51. The van der Waals surface area contributed by atoms with Crippen molar-refractivity contribution in [1.29, 1.82) is 0 Å². The van der Waals surface area contributed by atoms with Gasteiger partial charge in [0.15, 0.2) is 12.4 Å². The van der Waals surface area contributed by atoms with Crippen LogP contribution in [0.2, 0.25) is 0 Å². The molecule has 2 aromatic carbocycles. The zero-order chi connectivity index (χ0) is 15.9. The molecule has 0 unspecified atom stereocenters. The number of amides is 1. The van der Waals surface area contributed by atoms with Crippen molar-refractivity contribution in [1.82, 2.24) is 0 Å². The number of carbonyl (C=O) groups excluding carboxylic acids is 1. The molecule has 0 fully saturated rings. The molecule has 0 bridgehead atoms. The second-order valence-electron chi connectivity index (χ2n) is 4.63. The maximum atomic E-state index is 13.4. The highest BCUT2D eigenvalue weighted by molar-refractivity contribution is 5.97. The van der Waals surface area contributed by atoms with E-state index >= 15 is 0 Å². The maximum absolute atomic E-state index is 13.4. The van der Waals surface area contributed by atoms with E-state index in [0.29, 0.717) is 16.8 Å². The molecule has 22 heavy (non-hydrogen) atoms.